The van der Waals surface area contributed by atoms with Crippen LogP contribution in [0.4, 0.5) is 5.69 Å². The van der Waals surface area contributed by atoms with Gasteiger partial charge in [0.15, 0.2) is 5.78 Å². The van der Waals surface area contributed by atoms with Crippen LogP contribution in [0.5, 0.6) is 0 Å². The molecule has 0 spiro atoms. The van der Waals surface area contributed by atoms with E-state index in [0.29, 0.717) is 17.7 Å². The molecule has 0 aliphatic heterocycles. The van der Waals surface area contributed by atoms with Crippen LogP contribution in [0.3, 0.4) is 0 Å². The van der Waals surface area contributed by atoms with Crippen LogP contribution in [0.15, 0.2) is 81.7 Å². The number of Topliss-reactive ketones (excluding diaryl/α,β-unsaturated/α-hetero) is 1. The number of anilines is 1. The summed E-state index contributed by atoms with van der Waals surface area (Å²) < 4.78 is 32.3. The van der Waals surface area contributed by atoms with E-state index in [4.69, 9.17) is 4.55 Å². The summed E-state index contributed by atoms with van der Waals surface area (Å²) in [5.41, 5.74) is 2.90. The van der Waals surface area contributed by atoms with Crippen LogP contribution >= 0.6 is 31.9 Å². The molecule has 1 amide bonds. The average molecular weight is 609 g/mol. The number of amides is 1. The van der Waals surface area contributed by atoms with Crippen LogP contribution in [0.2, 0.25) is 0 Å². The maximum atomic E-state index is 13.2. The second-order valence-electron chi connectivity index (χ2n) is 7.81. The normalized spacial score (nSPS) is 12.2. The Bertz CT molecular complexity index is 1240. The summed E-state index contributed by atoms with van der Waals surface area (Å²) >= 11 is 6.81. The lowest BCUT2D eigenvalue weighted by Crippen LogP contribution is -2.23. The predicted molar refractivity (Wildman–Crippen MR) is 140 cm³/mol. The minimum absolute atomic E-state index is 0.0241. The highest BCUT2D eigenvalue weighted by Gasteiger charge is 2.22. The molecule has 0 aliphatic rings. The second kappa shape index (κ2) is 11.9. The number of hydrogen-bond donors (Lipinski definition) is 2. The largest absolute Gasteiger partial charge is 0.326 e. The Morgan fingerprint density at radius 2 is 1.41 bits per heavy atom. The number of carbonyl (C=O) groups is 2. The van der Waals surface area contributed by atoms with E-state index in [1.807, 2.05) is 48.5 Å². The molecule has 34 heavy (non-hydrogen) atoms. The van der Waals surface area contributed by atoms with E-state index in [9.17, 15) is 18.0 Å². The molecule has 2 N–H and O–H groups in total. The third-order valence-electron chi connectivity index (χ3n) is 5.22. The molecule has 0 fully saturated rings. The molecule has 6 nitrogen and oxygen atoms in total. The predicted octanol–water partition coefficient (Wildman–Crippen LogP) is 6.03. The molecule has 0 aliphatic carbocycles. The van der Waals surface area contributed by atoms with Gasteiger partial charge in [-0.2, -0.15) is 8.42 Å². The highest BCUT2D eigenvalue weighted by molar-refractivity contribution is 9.10. The van der Waals surface area contributed by atoms with Crippen LogP contribution < -0.4 is 5.32 Å². The molecule has 0 heterocycles. The molecule has 3 aromatic rings. The Morgan fingerprint density at radius 3 is 1.97 bits per heavy atom. The van der Waals surface area contributed by atoms with Crippen LogP contribution in [0, 0.1) is 0 Å². The van der Waals surface area contributed by atoms with Crippen molar-refractivity contribution in [1.82, 2.24) is 0 Å². The van der Waals surface area contributed by atoms with Gasteiger partial charge in [0, 0.05) is 26.6 Å². The average Bonchev–Trinajstić information content (AvgIpc) is 2.79. The number of hydrogen-bond acceptors (Lipinski definition) is 4. The molecule has 9 heteroatoms. The molecular weight excluding hydrogens is 586 g/mol. The lowest BCUT2D eigenvalue weighted by atomic mass is 9.90. The minimum Gasteiger partial charge on any atom is -0.326 e. The monoisotopic (exact) mass is 607 g/mol. The number of nitrogens with one attached hydrogen (secondary N) is 1. The number of halogens is 2. The van der Waals surface area contributed by atoms with Gasteiger partial charge in [-0.3, -0.25) is 14.1 Å². The van der Waals surface area contributed by atoms with Gasteiger partial charge in [0.2, 0.25) is 5.91 Å². The zero-order chi connectivity index (χ0) is 24.7. The first kappa shape index (κ1) is 26.3. The van der Waals surface area contributed by atoms with Crippen molar-refractivity contribution in [3.8, 4) is 0 Å². The smallest absolute Gasteiger partial charge is 0.264 e. The number of benzene rings is 3. The Hall–Kier alpha value is -2.33. The van der Waals surface area contributed by atoms with Gasteiger partial charge in [-0.05, 0) is 60.4 Å². The van der Waals surface area contributed by atoms with Gasteiger partial charge < -0.3 is 5.32 Å². The Labute approximate surface area is 215 Å². The van der Waals surface area contributed by atoms with Crippen molar-refractivity contribution in [1.29, 1.82) is 0 Å². The summed E-state index contributed by atoms with van der Waals surface area (Å²) in [6.45, 7) is 0. The van der Waals surface area contributed by atoms with Crippen LogP contribution in [0.25, 0.3) is 0 Å². The molecular formula is C25H23Br2NO5S. The van der Waals surface area contributed by atoms with Crippen molar-refractivity contribution in [3.05, 3.63) is 98.4 Å². The van der Waals surface area contributed by atoms with Crippen molar-refractivity contribution in [2.24, 2.45) is 0 Å². The topological polar surface area (TPSA) is 101 Å². The maximum Gasteiger partial charge on any atom is 0.264 e. The second-order valence-corrected chi connectivity index (χ2v) is 11.2. The lowest BCUT2D eigenvalue weighted by molar-refractivity contribution is -0.117. The molecule has 3 aromatic carbocycles. The molecule has 0 aromatic heterocycles. The summed E-state index contributed by atoms with van der Waals surface area (Å²) in [5, 5.41) is 2.97. The summed E-state index contributed by atoms with van der Waals surface area (Å²) in [4.78, 5) is 25.5. The molecule has 0 saturated carbocycles. The summed E-state index contributed by atoms with van der Waals surface area (Å²) in [6, 6.07) is 21.9. The fourth-order valence-electron chi connectivity index (χ4n) is 3.44. The third kappa shape index (κ3) is 8.16. The van der Waals surface area contributed by atoms with Crippen molar-refractivity contribution in [2.45, 2.75) is 25.2 Å². The van der Waals surface area contributed by atoms with Gasteiger partial charge >= 0.3 is 0 Å². The molecule has 0 bridgehead atoms. The summed E-state index contributed by atoms with van der Waals surface area (Å²) in [7, 11) is -4.08. The third-order valence-corrected chi connectivity index (χ3v) is 7.08. The highest BCUT2D eigenvalue weighted by Crippen LogP contribution is 2.26. The van der Waals surface area contributed by atoms with Gasteiger partial charge in [-0.25, -0.2) is 0 Å². The number of ketones is 1. The van der Waals surface area contributed by atoms with E-state index >= 15 is 0 Å². The lowest BCUT2D eigenvalue weighted by Gasteiger charge is -2.18. The van der Waals surface area contributed by atoms with Gasteiger partial charge in [-0.15, -0.1) is 0 Å². The molecule has 1 unspecified atom stereocenters. The van der Waals surface area contributed by atoms with E-state index in [1.165, 1.54) is 0 Å². The van der Waals surface area contributed by atoms with Crippen molar-refractivity contribution >= 4 is 59.4 Å². The quantitative estimate of drug-likeness (QED) is 0.216. The Kier molecular flexibility index (Phi) is 9.18. The van der Waals surface area contributed by atoms with Gasteiger partial charge in [0.05, 0.1) is 11.7 Å². The molecule has 178 valence electrons. The summed E-state index contributed by atoms with van der Waals surface area (Å²) in [5.74, 6) is -1.24. The molecule has 3 rings (SSSR count). The molecule has 0 saturated heterocycles. The van der Waals surface area contributed by atoms with E-state index in [0.717, 1.165) is 20.1 Å². The Morgan fingerprint density at radius 1 is 0.853 bits per heavy atom. The first-order valence-corrected chi connectivity index (χ1v) is 13.7. The SMILES string of the molecule is O=C(CCCS(=O)(=O)O)c1ccc(CC(C(=O)Nc2ccc(Br)cc2)c2ccc(Br)cc2)cc1. The summed E-state index contributed by atoms with van der Waals surface area (Å²) in [6.07, 6.45) is 0.513. The maximum absolute atomic E-state index is 13.2. The van der Waals surface area contributed by atoms with E-state index < -0.39 is 21.8 Å². The van der Waals surface area contributed by atoms with Crippen molar-refractivity contribution in [3.63, 3.8) is 0 Å². The van der Waals surface area contributed by atoms with E-state index in [2.05, 4.69) is 37.2 Å². The van der Waals surface area contributed by atoms with Crippen LogP contribution in [-0.2, 0) is 21.3 Å². The van der Waals surface area contributed by atoms with Crippen LogP contribution in [-0.4, -0.2) is 30.4 Å². The van der Waals surface area contributed by atoms with Crippen molar-refractivity contribution < 1.29 is 22.6 Å². The highest BCUT2D eigenvalue weighted by atomic mass is 79.9. The number of rotatable bonds is 10. The van der Waals surface area contributed by atoms with E-state index in [1.54, 1.807) is 24.3 Å². The van der Waals surface area contributed by atoms with Crippen molar-refractivity contribution in [2.75, 3.05) is 11.1 Å². The minimum atomic E-state index is -4.08. The zero-order valence-corrected chi connectivity index (χ0v) is 22.1. The zero-order valence-electron chi connectivity index (χ0n) is 18.1. The van der Waals surface area contributed by atoms with Gasteiger partial charge in [-0.1, -0.05) is 68.3 Å². The fraction of sp³-hybridized carbons (Fsp3) is 0.200. The molecule has 1 atom stereocenters. The molecule has 0 radical (unpaired) electrons. The fourth-order valence-corrected chi connectivity index (χ4v) is 4.48. The van der Waals surface area contributed by atoms with Gasteiger partial charge in [0.25, 0.3) is 10.1 Å². The standard InChI is InChI=1S/C25H23Br2NO5S/c26-20-9-7-18(8-10-20)23(25(30)28-22-13-11-21(27)12-14-22)16-17-3-5-19(6-4-17)24(29)2-1-15-34(31,32)33/h3-14,23H,1-2,15-16H2,(H,28,30)(H,31,32,33). The first-order chi connectivity index (χ1) is 16.1. The van der Waals surface area contributed by atoms with Gasteiger partial charge in [0.1, 0.15) is 0 Å². The first-order valence-electron chi connectivity index (χ1n) is 10.5. The Balaban J connectivity index is 1.74. The van der Waals surface area contributed by atoms with E-state index in [-0.39, 0.29) is 24.5 Å². The number of carbonyl (C=O) groups excluding carboxylic acids is 2. The van der Waals surface area contributed by atoms with Crippen LogP contribution in [0.1, 0.15) is 40.2 Å².